The molecule has 20 heavy (non-hydrogen) atoms. The predicted molar refractivity (Wildman–Crippen MR) is 77.2 cm³/mol. The van der Waals surface area contributed by atoms with Gasteiger partial charge >= 0.3 is 0 Å². The van der Waals surface area contributed by atoms with Crippen LogP contribution >= 0.6 is 0 Å². The van der Waals surface area contributed by atoms with Crippen molar-refractivity contribution in [3.8, 4) is 5.75 Å². The number of hydrogen-bond acceptors (Lipinski definition) is 4. The highest BCUT2D eigenvalue weighted by atomic mass is 16.5. The SMILES string of the molecule is CN(C)CCN=C1Nc2cc3c(cc2[NH+]([O-])N1)OCC3. The molecule has 7 nitrogen and oxygen atoms in total. The summed E-state index contributed by atoms with van der Waals surface area (Å²) in [5.74, 6) is 1.33. The summed E-state index contributed by atoms with van der Waals surface area (Å²) in [7, 11) is 3.98. The van der Waals surface area contributed by atoms with Crippen molar-refractivity contribution < 1.29 is 9.91 Å². The molecule has 2 aliphatic heterocycles. The molecule has 3 N–H and O–H groups in total. The molecule has 0 amide bonds. The monoisotopic (exact) mass is 277 g/mol. The molecular formula is C13H19N5O2. The average Bonchev–Trinajstić information content (AvgIpc) is 2.83. The van der Waals surface area contributed by atoms with Crippen LogP contribution in [0.1, 0.15) is 5.56 Å². The van der Waals surface area contributed by atoms with Gasteiger partial charge in [0, 0.05) is 24.6 Å². The molecule has 0 fully saturated rings. The summed E-state index contributed by atoms with van der Waals surface area (Å²) in [4.78, 5) is 6.42. The van der Waals surface area contributed by atoms with Crippen LogP contribution < -0.4 is 20.7 Å². The molecule has 1 atom stereocenters. The topological polar surface area (TPSA) is 76.4 Å². The van der Waals surface area contributed by atoms with Crippen LogP contribution in [0.5, 0.6) is 5.75 Å². The second kappa shape index (κ2) is 5.28. The molecule has 0 radical (unpaired) electrons. The van der Waals surface area contributed by atoms with Gasteiger partial charge in [0.25, 0.3) is 0 Å². The Morgan fingerprint density at radius 2 is 2.30 bits per heavy atom. The molecule has 0 aromatic heterocycles. The first-order chi connectivity index (χ1) is 9.63. The van der Waals surface area contributed by atoms with Gasteiger partial charge in [-0.25, -0.2) is 10.2 Å². The third-order valence-corrected chi connectivity index (χ3v) is 3.38. The lowest BCUT2D eigenvalue weighted by atomic mass is 10.1. The van der Waals surface area contributed by atoms with Gasteiger partial charge in [-0.1, -0.05) is 0 Å². The molecule has 1 aromatic carbocycles. The Balaban J connectivity index is 1.80. The third-order valence-electron chi connectivity index (χ3n) is 3.38. The summed E-state index contributed by atoms with van der Waals surface area (Å²) >= 11 is 0. The van der Waals surface area contributed by atoms with Crippen molar-refractivity contribution in [2.75, 3.05) is 39.1 Å². The summed E-state index contributed by atoms with van der Waals surface area (Å²) < 4.78 is 5.49. The molecular weight excluding hydrogens is 258 g/mol. The van der Waals surface area contributed by atoms with Gasteiger partial charge in [0.15, 0.2) is 5.69 Å². The van der Waals surface area contributed by atoms with Gasteiger partial charge in [-0.05, 0) is 20.2 Å². The molecule has 0 spiro atoms. The van der Waals surface area contributed by atoms with Crippen molar-refractivity contribution in [2.45, 2.75) is 6.42 Å². The number of hydrogen-bond donors (Lipinski definition) is 3. The zero-order valence-corrected chi connectivity index (χ0v) is 11.7. The maximum Gasteiger partial charge on any atom is 0.243 e. The zero-order chi connectivity index (χ0) is 14.1. The fraction of sp³-hybridized carbons (Fsp3) is 0.462. The lowest BCUT2D eigenvalue weighted by molar-refractivity contribution is -0.816. The molecule has 7 heteroatoms. The van der Waals surface area contributed by atoms with E-state index in [1.54, 1.807) is 6.07 Å². The molecule has 0 saturated carbocycles. The second-order valence-corrected chi connectivity index (χ2v) is 5.22. The van der Waals surface area contributed by atoms with Gasteiger partial charge in [0.05, 0.1) is 13.2 Å². The van der Waals surface area contributed by atoms with E-state index < -0.39 is 0 Å². The van der Waals surface area contributed by atoms with Crippen LogP contribution in [0.3, 0.4) is 0 Å². The number of guanidine groups is 1. The summed E-state index contributed by atoms with van der Waals surface area (Å²) in [6.45, 7) is 2.16. The molecule has 1 aromatic rings. The molecule has 108 valence electrons. The summed E-state index contributed by atoms with van der Waals surface area (Å²) in [5, 5.41) is 15.1. The Morgan fingerprint density at radius 1 is 1.45 bits per heavy atom. The fourth-order valence-electron chi connectivity index (χ4n) is 2.29. The van der Waals surface area contributed by atoms with Gasteiger partial charge < -0.3 is 20.2 Å². The van der Waals surface area contributed by atoms with Gasteiger partial charge in [0.2, 0.25) is 5.96 Å². The highest BCUT2D eigenvalue weighted by Crippen LogP contribution is 2.33. The zero-order valence-electron chi connectivity index (χ0n) is 11.7. The van der Waals surface area contributed by atoms with E-state index in [-0.39, 0.29) is 5.17 Å². The van der Waals surface area contributed by atoms with Crippen molar-refractivity contribution in [3.05, 3.63) is 22.9 Å². The molecule has 0 bridgehead atoms. The number of rotatable bonds is 3. The van der Waals surface area contributed by atoms with Crippen LogP contribution in [0.15, 0.2) is 17.1 Å². The van der Waals surface area contributed by atoms with Crippen molar-refractivity contribution in [1.29, 1.82) is 0 Å². The number of ether oxygens (including phenoxy) is 1. The van der Waals surface area contributed by atoms with E-state index in [4.69, 9.17) is 4.74 Å². The van der Waals surface area contributed by atoms with Crippen molar-refractivity contribution in [1.82, 2.24) is 10.3 Å². The highest BCUT2D eigenvalue weighted by Gasteiger charge is 2.24. The van der Waals surface area contributed by atoms with E-state index in [0.29, 0.717) is 24.8 Å². The first-order valence-corrected chi connectivity index (χ1v) is 6.71. The number of quaternary nitrogens is 1. The molecule has 0 aliphatic carbocycles. The molecule has 1 unspecified atom stereocenters. The minimum Gasteiger partial charge on any atom is -0.603 e. The van der Waals surface area contributed by atoms with Crippen LogP contribution in [-0.4, -0.2) is 44.7 Å². The van der Waals surface area contributed by atoms with E-state index in [2.05, 4.69) is 15.7 Å². The Kier molecular flexibility index (Phi) is 3.47. The Morgan fingerprint density at radius 3 is 3.10 bits per heavy atom. The minimum absolute atomic E-state index is 0.138. The summed E-state index contributed by atoms with van der Waals surface area (Å²) in [6, 6.07) is 3.79. The van der Waals surface area contributed by atoms with E-state index in [1.807, 2.05) is 25.1 Å². The van der Waals surface area contributed by atoms with Gasteiger partial charge in [-0.15, -0.1) is 0 Å². The quantitative estimate of drug-likeness (QED) is 0.648. The first kappa shape index (κ1) is 13.2. The first-order valence-electron chi connectivity index (χ1n) is 6.71. The number of nitrogens with one attached hydrogen (secondary N) is 3. The van der Waals surface area contributed by atoms with Crippen molar-refractivity contribution in [2.24, 2.45) is 4.99 Å². The van der Waals surface area contributed by atoms with E-state index in [1.165, 1.54) is 0 Å². The third kappa shape index (κ3) is 2.55. The molecule has 3 rings (SSSR count). The largest absolute Gasteiger partial charge is 0.603 e. The van der Waals surface area contributed by atoms with Gasteiger partial charge in [-0.2, -0.15) is 5.43 Å². The van der Waals surface area contributed by atoms with Crippen molar-refractivity contribution >= 4 is 17.3 Å². The Hall–Kier alpha value is -1.83. The van der Waals surface area contributed by atoms with E-state index >= 15 is 0 Å². The maximum atomic E-state index is 12.1. The van der Waals surface area contributed by atoms with Gasteiger partial charge in [0.1, 0.15) is 11.4 Å². The summed E-state index contributed by atoms with van der Waals surface area (Å²) in [6.07, 6.45) is 0.888. The maximum absolute atomic E-state index is 12.1. The Bertz CT molecular complexity index is 544. The summed E-state index contributed by atoms with van der Waals surface area (Å²) in [5.41, 5.74) is 5.32. The number of nitrogens with zero attached hydrogens (tertiary/aromatic N) is 2. The van der Waals surface area contributed by atoms with Crippen molar-refractivity contribution in [3.63, 3.8) is 0 Å². The van der Waals surface area contributed by atoms with E-state index in [9.17, 15) is 5.21 Å². The predicted octanol–water partition coefficient (Wildman–Crippen LogP) is -0.517. The van der Waals surface area contributed by atoms with Crippen LogP contribution in [0, 0.1) is 5.21 Å². The van der Waals surface area contributed by atoms with Gasteiger partial charge in [-0.3, -0.25) is 0 Å². The highest BCUT2D eigenvalue weighted by molar-refractivity contribution is 5.97. The van der Waals surface area contributed by atoms with E-state index in [0.717, 1.165) is 30.0 Å². The number of anilines is 1. The van der Waals surface area contributed by atoms with Crippen LogP contribution in [0.4, 0.5) is 11.4 Å². The number of benzene rings is 1. The molecule has 2 heterocycles. The molecule has 0 saturated heterocycles. The number of fused-ring (bicyclic) bond motifs is 2. The average molecular weight is 277 g/mol. The minimum atomic E-state index is -0.138. The van der Waals surface area contributed by atoms with Crippen LogP contribution in [0.25, 0.3) is 0 Å². The lowest BCUT2D eigenvalue weighted by Crippen LogP contribution is -3.11. The second-order valence-electron chi connectivity index (χ2n) is 5.22. The fourth-order valence-corrected chi connectivity index (χ4v) is 2.29. The Labute approximate surface area is 117 Å². The number of aliphatic imine (C=N–C) groups is 1. The smallest absolute Gasteiger partial charge is 0.243 e. The lowest BCUT2D eigenvalue weighted by Gasteiger charge is -2.30. The number of likely N-dealkylation sites (N-methyl/N-ethyl adjacent to an activating group) is 1. The normalized spacial score (nSPS) is 22.0. The standard InChI is InChI=1S/C13H19N5O2/c1-17(2)5-4-14-13-15-10-7-9-3-6-20-12(9)8-11(10)18(19)16-13/h7-8,18H,3-6H2,1-2H3,(H2,14,15,16). The van der Waals surface area contributed by atoms with Crippen LogP contribution in [0.2, 0.25) is 0 Å². The molecule has 2 aliphatic rings. The van der Waals surface area contributed by atoms with Crippen LogP contribution in [-0.2, 0) is 6.42 Å².